The van der Waals surface area contributed by atoms with E-state index in [4.69, 9.17) is 0 Å². The molecule has 1 aliphatic carbocycles. The predicted molar refractivity (Wildman–Crippen MR) is 49.3 cm³/mol. The Morgan fingerprint density at radius 3 is 2.53 bits per heavy atom. The van der Waals surface area contributed by atoms with Crippen molar-refractivity contribution in [2.75, 3.05) is 0 Å². The van der Waals surface area contributed by atoms with E-state index in [9.17, 15) is 18.3 Å². The van der Waals surface area contributed by atoms with E-state index in [0.717, 1.165) is 0 Å². The Morgan fingerprint density at radius 2 is 1.87 bits per heavy atom. The number of aliphatic hydroxyl groups is 1. The Kier molecular flexibility index (Phi) is 2.26. The van der Waals surface area contributed by atoms with Gasteiger partial charge in [-0.25, -0.2) is 0 Å². The van der Waals surface area contributed by atoms with Gasteiger partial charge in [0.2, 0.25) is 0 Å². The van der Waals surface area contributed by atoms with Gasteiger partial charge in [0, 0.05) is 0 Å². The van der Waals surface area contributed by atoms with Gasteiger partial charge >= 0.3 is 6.18 Å². The van der Waals surface area contributed by atoms with E-state index >= 15 is 0 Å². The highest BCUT2D eigenvalue weighted by molar-refractivity contribution is 5.35. The Balaban J connectivity index is 2.55. The van der Waals surface area contributed by atoms with Gasteiger partial charge in [0.05, 0.1) is 0 Å². The highest BCUT2D eigenvalue weighted by Gasteiger charge is 2.56. The molecule has 0 saturated heterocycles. The molecule has 0 radical (unpaired) electrons. The van der Waals surface area contributed by atoms with Crippen LogP contribution in [0.5, 0.6) is 0 Å². The van der Waals surface area contributed by atoms with E-state index in [1.165, 1.54) is 12.1 Å². The molecular formula is C11H11F3O. The van der Waals surface area contributed by atoms with Gasteiger partial charge in [0.25, 0.3) is 0 Å². The molecule has 0 bridgehead atoms. The molecule has 1 atom stereocenters. The smallest absolute Gasteiger partial charge is 0.376 e. The van der Waals surface area contributed by atoms with Crippen LogP contribution in [0.4, 0.5) is 13.2 Å². The second-order valence-electron chi connectivity index (χ2n) is 3.87. The van der Waals surface area contributed by atoms with Crippen molar-refractivity contribution in [2.45, 2.75) is 31.0 Å². The van der Waals surface area contributed by atoms with Gasteiger partial charge in [0.15, 0.2) is 5.60 Å². The molecular weight excluding hydrogens is 205 g/mol. The molecule has 1 aromatic carbocycles. The summed E-state index contributed by atoms with van der Waals surface area (Å²) in [7, 11) is 0. The zero-order chi connectivity index (χ0) is 11.1. The van der Waals surface area contributed by atoms with Crippen molar-refractivity contribution < 1.29 is 18.3 Å². The maximum absolute atomic E-state index is 12.8. The van der Waals surface area contributed by atoms with Crippen LogP contribution in [-0.2, 0) is 12.0 Å². The Labute approximate surface area is 85.5 Å². The third kappa shape index (κ3) is 1.53. The van der Waals surface area contributed by atoms with Crippen LogP contribution in [0, 0.1) is 0 Å². The zero-order valence-electron chi connectivity index (χ0n) is 8.01. The SMILES string of the molecule is O[C@@]1(C(F)(F)F)CCCc2ccccc21. The normalized spacial score (nSPS) is 26.1. The number of rotatable bonds is 0. The van der Waals surface area contributed by atoms with Crippen molar-refractivity contribution in [3.05, 3.63) is 35.4 Å². The van der Waals surface area contributed by atoms with Gasteiger partial charge in [-0.1, -0.05) is 24.3 Å². The second kappa shape index (κ2) is 3.23. The van der Waals surface area contributed by atoms with Crippen LogP contribution in [0.15, 0.2) is 24.3 Å². The molecule has 1 N–H and O–H groups in total. The topological polar surface area (TPSA) is 20.2 Å². The van der Waals surface area contributed by atoms with Gasteiger partial charge < -0.3 is 5.11 Å². The van der Waals surface area contributed by atoms with Gasteiger partial charge in [0.1, 0.15) is 0 Å². The lowest BCUT2D eigenvalue weighted by atomic mass is 9.79. The summed E-state index contributed by atoms with van der Waals surface area (Å²) in [5.74, 6) is 0. The quantitative estimate of drug-likeness (QED) is 0.707. The third-order valence-corrected chi connectivity index (χ3v) is 2.92. The first-order valence-electron chi connectivity index (χ1n) is 4.83. The minimum Gasteiger partial charge on any atom is -0.376 e. The Bertz CT molecular complexity index is 372. The standard InChI is InChI=1S/C11H11F3O/c12-11(13,14)10(15)7-3-5-8-4-1-2-6-9(8)10/h1-2,4,6,15H,3,5,7H2/t10-/m0/s1. The molecule has 4 heteroatoms. The van der Waals surface area contributed by atoms with Crippen LogP contribution >= 0.6 is 0 Å². The molecule has 82 valence electrons. The number of hydrogen-bond acceptors (Lipinski definition) is 1. The minimum absolute atomic E-state index is 0.0174. The molecule has 1 aromatic rings. The summed E-state index contributed by atoms with van der Waals surface area (Å²) < 4.78 is 38.3. The van der Waals surface area contributed by atoms with E-state index in [0.29, 0.717) is 18.4 Å². The summed E-state index contributed by atoms with van der Waals surface area (Å²) in [5, 5.41) is 9.73. The fourth-order valence-corrected chi connectivity index (χ4v) is 2.11. The lowest BCUT2D eigenvalue weighted by Gasteiger charge is -2.35. The van der Waals surface area contributed by atoms with Gasteiger partial charge in [-0.2, -0.15) is 13.2 Å². The van der Waals surface area contributed by atoms with Crippen molar-refractivity contribution >= 4 is 0 Å². The van der Waals surface area contributed by atoms with E-state index in [1.807, 2.05) is 0 Å². The van der Waals surface area contributed by atoms with E-state index in [2.05, 4.69) is 0 Å². The number of hydrogen-bond donors (Lipinski definition) is 1. The molecule has 0 aromatic heterocycles. The average Bonchev–Trinajstić information content (AvgIpc) is 2.17. The Hall–Kier alpha value is -1.03. The number of fused-ring (bicyclic) bond motifs is 1. The summed E-state index contributed by atoms with van der Waals surface area (Å²) in [5.41, 5.74) is -2.03. The predicted octanol–water partition coefficient (Wildman–Crippen LogP) is 2.77. The van der Waals surface area contributed by atoms with Crippen LogP contribution in [0.25, 0.3) is 0 Å². The van der Waals surface area contributed by atoms with Gasteiger partial charge in [-0.3, -0.25) is 0 Å². The number of halogens is 3. The van der Waals surface area contributed by atoms with Crippen LogP contribution in [0.3, 0.4) is 0 Å². The lowest BCUT2D eigenvalue weighted by molar-refractivity contribution is -0.271. The molecule has 2 rings (SSSR count). The van der Waals surface area contributed by atoms with E-state index in [-0.39, 0.29) is 12.0 Å². The molecule has 15 heavy (non-hydrogen) atoms. The first-order chi connectivity index (χ1) is 6.95. The summed E-state index contributed by atoms with van der Waals surface area (Å²) in [6, 6.07) is 6.23. The van der Waals surface area contributed by atoms with Crippen molar-refractivity contribution in [2.24, 2.45) is 0 Å². The highest BCUT2D eigenvalue weighted by atomic mass is 19.4. The van der Waals surface area contributed by atoms with Crippen molar-refractivity contribution in [1.82, 2.24) is 0 Å². The molecule has 0 heterocycles. The number of benzene rings is 1. The Morgan fingerprint density at radius 1 is 1.20 bits per heavy atom. The molecule has 0 fully saturated rings. The molecule has 0 spiro atoms. The van der Waals surface area contributed by atoms with Crippen LogP contribution in [0.2, 0.25) is 0 Å². The van der Waals surface area contributed by atoms with Crippen LogP contribution in [0.1, 0.15) is 24.0 Å². The molecule has 1 aliphatic rings. The van der Waals surface area contributed by atoms with Crippen LogP contribution < -0.4 is 0 Å². The third-order valence-electron chi connectivity index (χ3n) is 2.92. The maximum atomic E-state index is 12.8. The molecule has 0 amide bonds. The van der Waals surface area contributed by atoms with Crippen molar-refractivity contribution in [3.63, 3.8) is 0 Å². The van der Waals surface area contributed by atoms with E-state index in [1.54, 1.807) is 12.1 Å². The number of aryl methyl sites for hydroxylation is 1. The van der Waals surface area contributed by atoms with E-state index < -0.39 is 11.8 Å². The largest absolute Gasteiger partial charge is 0.421 e. The first-order valence-corrected chi connectivity index (χ1v) is 4.83. The first kappa shape index (κ1) is 10.5. The summed E-state index contributed by atoms with van der Waals surface area (Å²) in [4.78, 5) is 0. The van der Waals surface area contributed by atoms with Crippen LogP contribution in [-0.4, -0.2) is 11.3 Å². The minimum atomic E-state index is -4.59. The number of alkyl halides is 3. The van der Waals surface area contributed by atoms with Crippen molar-refractivity contribution in [1.29, 1.82) is 0 Å². The fourth-order valence-electron chi connectivity index (χ4n) is 2.11. The van der Waals surface area contributed by atoms with Gasteiger partial charge in [-0.15, -0.1) is 0 Å². The summed E-state index contributed by atoms with van der Waals surface area (Å²) >= 11 is 0. The van der Waals surface area contributed by atoms with Gasteiger partial charge in [-0.05, 0) is 30.4 Å². The average molecular weight is 216 g/mol. The van der Waals surface area contributed by atoms with Crippen molar-refractivity contribution in [3.8, 4) is 0 Å². The summed E-state index contributed by atoms with van der Waals surface area (Å²) in [6.45, 7) is 0. The maximum Gasteiger partial charge on any atom is 0.421 e. The molecule has 0 aliphatic heterocycles. The second-order valence-corrected chi connectivity index (χ2v) is 3.87. The monoisotopic (exact) mass is 216 g/mol. The highest BCUT2D eigenvalue weighted by Crippen LogP contribution is 2.46. The zero-order valence-corrected chi connectivity index (χ0v) is 8.01. The summed E-state index contributed by atoms with van der Waals surface area (Å²) in [6.07, 6.45) is -3.86. The molecule has 1 nitrogen and oxygen atoms in total. The fraction of sp³-hybridized carbons (Fsp3) is 0.455. The molecule has 0 unspecified atom stereocenters. The lowest BCUT2D eigenvalue weighted by Crippen LogP contribution is -2.44. The molecule has 0 saturated carbocycles.